The lowest BCUT2D eigenvalue weighted by Crippen LogP contribution is -2.11. The molecule has 0 aliphatic rings. The van der Waals surface area contributed by atoms with E-state index in [-0.39, 0.29) is 0 Å². The monoisotopic (exact) mass is 209 g/mol. The van der Waals surface area contributed by atoms with E-state index in [4.69, 9.17) is 10.5 Å². The molecular formula is C11H19N3O. The molecule has 4 nitrogen and oxygen atoms in total. The zero-order valence-corrected chi connectivity index (χ0v) is 9.20. The first-order valence-electron chi connectivity index (χ1n) is 5.27. The summed E-state index contributed by atoms with van der Waals surface area (Å²) in [6.45, 7) is 4.89. The van der Waals surface area contributed by atoms with Crippen LogP contribution in [0.2, 0.25) is 0 Å². The summed E-state index contributed by atoms with van der Waals surface area (Å²) < 4.78 is 5.27. The van der Waals surface area contributed by atoms with E-state index in [0.29, 0.717) is 13.2 Å². The molecule has 0 saturated carbocycles. The molecule has 0 atom stereocenters. The molecule has 0 aromatic carbocycles. The van der Waals surface area contributed by atoms with Gasteiger partial charge in [-0.15, -0.1) is 0 Å². The van der Waals surface area contributed by atoms with Gasteiger partial charge in [-0.05, 0) is 25.5 Å². The summed E-state index contributed by atoms with van der Waals surface area (Å²) in [6, 6.07) is 3.99. The molecule has 84 valence electrons. The topological polar surface area (TPSA) is 60.2 Å². The number of nitrogens with two attached hydrogens (primary N) is 1. The van der Waals surface area contributed by atoms with Gasteiger partial charge in [0.2, 0.25) is 0 Å². The van der Waals surface area contributed by atoms with Crippen LogP contribution in [-0.2, 0) is 4.74 Å². The molecule has 3 N–H and O–H groups in total. The highest BCUT2D eigenvalue weighted by atomic mass is 16.5. The number of aryl methyl sites for hydroxylation is 1. The lowest BCUT2D eigenvalue weighted by Gasteiger charge is -2.06. The predicted octanol–water partition coefficient (Wildman–Crippen LogP) is 1.17. The molecule has 0 fully saturated rings. The van der Waals surface area contributed by atoms with Gasteiger partial charge in [-0.2, -0.15) is 0 Å². The largest absolute Gasteiger partial charge is 0.385 e. The van der Waals surface area contributed by atoms with Crippen LogP contribution in [0, 0.1) is 6.92 Å². The van der Waals surface area contributed by atoms with E-state index in [1.54, 1.807) is 0 Å². The van der Waals surface area contributed by atoms with Gasteiger partial charge in [0, 0.05) is 37.3 Å². The number of ether oxygens (including phenoxy) is 1. The summed E-state index contributed by atoms with van der Waals surface area (Å²) in [5.74, 6) is 0. The van der Waals surface area contributed by atoms with E-state index in [0.717, 1.165) is 31.0 Å². The second-order valence-electron chi connectivity index (χ2n) is 3.37. The van der Waals surface area contributed by atoms with Crippen molar-refractivity contribution >= 4 is 5.69 Å². The molecule has 0 bridgehead atoms. The highest BCUT2D eigenvalue weighted by Crippen LogP contribution is 2.06. The summed E-state index contributed by atoms with van der Waals surface area (Å²) >= 11 is 0. The predicted molar refractivity (Wildman–Crippen MR) is 62.0 cm³/mol. The van der Waals surface area contributed by atoms with Gasteiger partial charge >= 0.3 is 0 Å². The van der Waals surface area contributed by atoms with Gasteiger partial charge < -0.3 is 15.8 Å². The summed E-state index contributed by atoms with van der Waals surface area (Å²) in [5.41, 5.74) is 7.44. The van der Waals surface area contributed by atoms with Crippen molar-refractivity contribution < 1.29 is 4.74 Å². The van der Waals surface area contributed by atoms with E-state index in [1.807, 2.05) is 25.3 Å². The third kappa shape index (κ3) is 5.34. The minimum Gasteiger partial charge on any atom is -0.385 e. The molecule has 1 rings (SSSR count). The molecule has 0 aliphatic carbocycles. The van der Waals surface area contributed by atoms with Crippen molar-refractivity contribution in [2.24, 2.45) is 5.73 Å². The van der Waals surface area contributed by atoms with Crippen LogP contribution < -0.4 is 11.1 Å². The number of hydrogen-bond donors (Lipinski definition) is 2. The minimum atomic E-state index is 0.594. The van der Waals surface area contributed by atoms with Crippen LogP contribution in [0.25, 0.3) is 0 Å². The van der Waals surface area contributed by atoms with Gasteiger partial charge in [0.1, 0.15) is 0 Å². The summed E-state index contributed by atoms with van der Waals surface area (Å²) in [5, 5.41) is 3.31. The Morgan fingerprint density at radius 1 is 1.47 bits per heavy atom. The fourth-order valence-corrected chi connectivity index (χ4v) is 1.25. The molecule has 15 heavy (non-hydrogen) atoms. The number of hydrogen-bond acceptors (Lipinski definition) is 4. The second-order valence-corrected chi connectivity index (χ2v) is 3.37. The highest BCUT2D eigenvalue weighted by molar-refractivity contribution is 5.42. The van der Waals surface area contributed by atoms with Gasteiger partial charge in [0.05, 0.1) is 6.61 Å². The first kappa shape index (κ1) is 11.9. The second kappa shape index (κ2) is 7.20. The van der Waals surface area contributed by atoms with Crippen molar-refractivity contribution in [3.8, 4) is 0 Å². The number of aromatic nitrogens is 1. The normalized spacial score (nSPS) is 10.3. The fraction of sp³-hybridized carbons (Fsp3) is 0.545. The number of rotatable bonds is 7. The maximum atomic E-state index is 5.30. The van der Waals surface area contributed by atoms with Crippen molar-refractivity contribution in [3.63, 3.8) is 0 Å². The SMILES string of the molecule is Cc1cc(NCCCOCCN)ccn1. The van der Waals surface area contributed by atoms with Gasteiger partial charge in [-0.3, -0.25) is 4.98 Å². The molecule has 0 radical (unpaired) electrons. The average Bonchev–Trinajstić information content (AvgIpc) is 2.23. The van der Waals surface area contributed by atoms with Crippen LogP contribution in [0.1, 0.15) is 12.1 Å². The Kier molecular flexibility index (Phi) is 5.73. The smallest absolute Gasteiger partial charge is 0.0588 e. The Balaban J connectivity index is 2.10. The number of anilines is 1. The van der Waals surface area contributed by atoms with E-state index in [1.165, 1.54) is 0 Å². The van der Waals surface area contributed by atoms with Gasteiger partial charge in [-0.25, -0.2) is 0 Å². The first-order chi connectivity index (χ1) is 7.33. The van der Waals surface area contributed by atoms with Crippen molar-refractivity contribution in [2.45, 2.75) is 13.3 Å². The summed E-state index contributed by atoms with van der Waals surface area (Å²) in [4.78, 5) is 4.13. The Morgan fingerprint density at radius 3 is 3.07 bits per heavy atom. The Labute approximate surface area is 90.8 Å². The third-order valence-corrected chi connectivity index (χ3v) is 1.95. The quantitative estimate of drug-likeness (QED) is 0.662. The Bertz CT molecular complexity index is 278. The number of nitrogens with zero attached hydrogens (tertiary/aromatic N) is 1. The van der Waals surface area contributed by atoms with E-state index in [2.05, 4.69) is 10.3 Å². The molecule has 1 aromatic heterocycles. The molecule has 0 spiro atoms. The minimum absolute atomic E-state index is 0.594. The molecule has 4 heteroatoms. The van der Waals surface area contributed by atoms with Gasteiger partial charge in [-0.1, -0.05) is 0 Å². The lowest BCUT2D eigenvalue weighted by atomic mass is 10.3. The van der Waals surface area contributed by atoms with E-state index < -0.39 is 0 Å². The zero-order chi connectivity index (χ0) is 10.9. The van der Waals surface area contributed by atoms with Crippen LogP contribution in [0.3, 0.4) is 0 Å². The van der Waals surface area contributed by atoms with Crippen molar-refractivity contribution in [1.29, 1.82) is 0 Å². The molecule has 0 unspecified atom stereocenters. The van der Waals surface area contributed by atoms with Crippen LogP contribution in [-0.4, -0.2) is 31.3 Å². The third-order valence-electron chi connectivity index (χ3n) is 1.95. The first-order valence-corrected chi connectivity index (χ1v) is 5.27. The molecular weight excluding hydrogens is 190 g/mol. The molecule has 0 aliphatic heterocycles. The fourth-order valence-electron chi connectivity index (χ4n) is 1.25. The van der Waals surface area contributed by atoms with Gasteiger partial charge in [0.25, 0.3) is 0 Å². The molecule has 1 aromatic rings. The van der Waals surface area contributed by atoms with Crippen LogP contribution >= 0.6 is 0 Å². The van der Waals surface area contributed by atoms with E-state index >= 15 is 0 Å². The van der Waals surface area contributed by atoms with Crippen LogP contribution in [0.4, 0.5) is 5.69 Å². The lowest BCUT2D eigenvalue weighted by molar-refractivity contribution is 0.141. The zero-order valence-electron chi connectivity index (χ0n) is 9.20. The summed E-state index contributed by atoms with van der Waals surface area (Å²) in [7, 11) is 0. The van der Waals surface area contributed by atoms with Crippen LogP contribution in [0.5, 0.6) is 0 Å². The summed E-state index contributed by atoms with van der Waals surface area (Å²) in [6.07, 6.45) is 2.80. The van der Waals surface area contributed by atoms with Crippen molar-refractivity contribution in [3.05, 3.63) is 24.0 Å². The number of pyridine rings is 1. The number of nitrogens with one attached hydrogen (secondary N) is 1. The van der Waals surface area contributed by atoms with E-state index in [9.17, 15) is 0 Å². The Hall–Kier alpha value is -1.13. The van der Waals surface area contributed by atoms with Crippen molar-refractivity contribution in [1.82, 2.24) is 4.98 Å². The molecule has 0 amide bonds. The standard InChI is InChI=1S/C11H19N3O/c1-10-9-11(3-6-13-10)14-5-2-7-15-8-4-12/h3,6,9H,2,4-5,7-8,12H2,1H3,(H,13,14). The maximum Gasteiger partial charge on any atom is 0.0588 e. The molecule has 0 saturated heterocycles. The average molecular weight is 209 g/mol. The Morgan fingerprint density at radius 2 is 2.33 bits per heavy atom. The van der Waals surface area contributed by atoms with Crippen LogP contribution in [0.15, 0.2) is 18.3 Å². The van der Waals surface area contributed by atoms with Crippen molar-refractivity contribution in [2.75, 3.05) is 31.6 Å². The maximum absolute atomic E-state index is 5.30. The highest BCUT2D eigenvalue weighted by Gasteiger charge is 1.92. The van der Waals surface area contributed by atoms with Gasteiger partial charge in [0.15, 0.2) is 0 Å². The molecule has 1 heterocycles.